The van der Waals surface area contributed by atoms with Gasteiger partial charge in [-0.25, -0.2) is 9.97 Å². The van der Waals surface area contributed by atoms with Gasteiger partial charge in [-0.05, 0) is 28.9 Å². The van der Waals surface area contributed by atoms with Crippen LogP contribution < -0.4 is 0 Å². The van der Waals surface area contributed by atoms with Crippen LogP contribution in [0.15, 0.2) is 16.7 Å². The van der Waals surface area contributed by atoms with Crippen molar-refractivity contribution < 1.29 is 9.53 Å². The van der Waals surface area contributed by atoms with E-state index in [4.69, 9.17) is 0 Å². The third-order valence-corrected chi connectivity index (χ3v) is 2.69. The fourth-order valence-corrected chi connectivity index (χ4v) is 1.80. The highest BCUT2D eigenvalue weighted by Crippen LogP contribution is 2.18. The number of halogens is 1. The van der Waals surface area contributed by atoms with E-state index in [9.17, 15) is 4.79 Å². The molecule has 0 spiro atoms. The van der Waals surface area contributed by atoms with Gasteiger partial charge in [-0.3, -0.25) is 4.79 Å². The first-order valence-corrected chi connectivity index (χ1v) is 5.46. The lowest BCUT2D eigenvalue weighted by Crippen LogP contribution is -2.13. The van der Waals surface area contributed by atoms with E-state index in [1.54, 1.807) is 10.8 Å². The third-order valence-electron chi connectivity index (χ3n) is 2.26. The predicted octanol–water partition coefficient (Wildman–Crippen LogP) is 1.68. The van der Waals surface area contributed by atoms with Crippen LogP contribution in [-0.2, 0) is 16.1 Å². The van der Waals surface area contributed by atoms with E-state index < -0.39 is 0 Å². The van der Waals surface area contributed by atoms with Gasteiger partial charge in [0.25, 0.3) is 0 Å². The maximum atomic E-state index is 11.2. The summed E-state index contributed by atoms with van der Waals surface area (Å²) in [6.45, 7) is 1.96. The number of esters is 1. The van der Waals surface area contributed by atoms with Crippen molar-refractivity contribution in [1.82, 2.24) is 14.5 Å². The molecule has 16 heavy (non-hydrogen) atoms. The Bertz CT molecular complexity index is 550. The Morgan fingerprint density at radius 2 is 2.38 bits per heavy atom. The van der Waals surface area contributed by atoms with E-state index in [0.717, 1.165) is 15.8 Å². The summed E-state index contributed by atoms with van der Waals surface area (Å²) in [5, 5.41) is 0. The van der Waals surface area contributed by atoms with E-state index in [2.05, 4.69) is 30.6 Å². The van der Waals surface area contributed by atoms with Crippen molar-refractivity contribution in [3.05, 3.63) is 22.6 Å². The van der Waals surface area contributed by atoms with Crippen molar-refractivity contribution in [2.45, 2.75) is 13.5 Å². The van der Waals surface area contributed by atoms with E-state index in [0.29, 0.717) is 5.65 Å². The van der Waals surface area contributed by atoms with Crippen molar-refractivity contribution >= 4 is 33.1 Å². The van der Waals surface area contributed by atoms with Crippen LogP contribution in [-0.4, -0.2) is 27.6 Å². The summed E-state index contributed by atoms with van der Waals surface area (Å²) < 4.78 is 7.22. The van der Waals surface area contributed by atoms with Gasteiger partial charge >= 0.3 is 5.97 Å². The maximum absolute atomic E-state index is 11.2. The zero-order chi connectivity index (χ0) is 11.7. The van der Waals surface area contributed by atoms with E-state index >= 15 is 0 Å². The van der Waals surface area contributed by atoms with Gasteiger partial charge in [-0.1, -0.05) is 0 Å². The molecule has 0 amide bonds. The normalized spacial score (nSPS) is 10.7. The molecule has 2 rings (SSSR count). The molecule has 2 aromatic rings. The molecule has 0 atom stereocenters. The van der Waals surface area contributed by atoms with Gasteiger partial charge in [-0.2, -0.15) is 0 Å². The zero-order valence-electron chi connectivity index (χ0n) is 8.90. The Balaban J connectivity index is 2.52. The van der Waals surface area contributed by atoms with Gasteiger partial charge in [-0.15, -0.1) is 0 Å². The molecule has 0 fully saturated rings. The molecular formula is C10H10BrN3O2. The highest BCUT2D eigenvalue weighted by molar-refractivity contribution is 9.10. The Morgan fingerprint density at radius 3 is 3.06 bits per heavy atom. The standard InChI is InChI=1S/C10H10BrN3O2/c1-6-13-8-3-7(11)4-12-10(8)14(6)5-9(15)16-2/h3-4H,5H2,1-2H3. The summed E-state index contributed by atoms with van der Waals surface area (Å²) in [6.07, 6.45) is 1.68. The van der Waals surface area contributed by atoms with Gasteiger partial charge in [0.2, 0.25) is 0 Å². The lowest BCUT2D eigenvalue weighted by molar-refractivity contribution is -0.141. The van der Waals surface area contributed by atoms with Crippen LogP contribution in [0, 0.1) is 6.92 Å². The number of nitrogens with zero attached hydrogens (tertiary/aromatic N) is 3. The second-order valence-corrected chi connectivity index (χ2v) is 4.23. The molecule has 0 aromatic carbocycles. The molecule has 84 valence electrons. The molecule has 0 radical (unpaired) electrons. The molecule has 0 aliphatic carbocycles. The van der Waals surface area contributed by atoms with E-state index in [-0.39, 0.29) is 12.5 Å². The molecule has 2 heterocycles. The SMILES string of the molecule is COC(=O)Cn1c(C)nc2cc(Br)cnc21. The molecule has 0 aliphatic heterocycles. The third kappa shape index (κ3) is 1.92. The Hall–Kier alpha value is -1.43. The number of imidazole rings is 1. The number of fused-ring (bicyclic) bond motifs is 1. The summed E-state index contributed by atoms with van der Waals surface area (Å²) in [5.74, 6) is 0.429. The fourth-order valence-electron chi connectivity index (χ4n) is 1.48. The smallest absolute Gasteiger partial charge is 0.325 e. The average Bonchev–Trinajstić information content (AvgIpc) is 2.54. The van der Waals surface area contributed by atoms with E-state index in [1.807, 2.05) is 13.0 Å². The average molecular weight is 284 g/mol. The monoisotopic (exact) mass is 283 g/mol. The first kappa shape index (κ1) is 11.1. The minimum Gasteiger partial charge on any atom is -0.468 e. The molecule has 6 heteroatoms. The minimum atomic E-state index is -0.313. The number of hydrogen-bond acceptors (Lipinski definition) is 4. The number of aromatic nitrogens is 3. The summed E-state index contributed by atoms with van der Waals surface area (Å²) in [6, 6.07) is 1.86. The van der Waals surface area contributed by atoms with Crippen LogP contribution in [0.2, 0.25) is 0 Å². The Labute approximate surface area is 101 Å². The summed E-state index contributed by atoms with van der Waals surface area (Å²) in [5.41, 5.74) is 1.45. The number of carbonyl (C=O) groups excluding carboxylic acids is 1. The van der Waals surface area contributed by atoms with Crippen molar-refractivity contribution in [2.24, 2.45) is 0 Å². The molecule has 0 saturated heterocycles. The highest BCUT2D eigenvalue weighted by atomic mass is 79.9. The lowest BCUT2D eigenvalue weighted by Gasteiger charge is -2.03. The minimum absolute atomic E-state index is 0.132. The number of aryl methyl sites for hydroxylation is 1. The molecule has 0 unspecified atom stereocenters. The summed E-state index contributed by atoms with van der Waals surface area (Å²) in [7, 11) is 1.36. The van der Waals surface area contributed by atoms with Gasteiger partial charge in [0.1, 0.15) is 17.9 Å². The first-order valence-electron chi connectivity index (χ1n) is 4.67. The van der Waals surface area contributed by atoms with Crippen molar-refractivity contribution in [1.29, 1.82) is 0 Å². The van der Waals surface area contributed by atoms with E-state index in [1.165, 1.54) is 7.11 Å². The van der Waals surface area contributed by atoms with Gasteiger partial charge in [0, 0.05) is 10.7 Å². The zero-order valence-corrected chi connectivity index (χ0v) is 10.5. The number of pyridine rings is 1. The summed E-state index contributed by atoms with van der Waals surface area (Å²) >= 11 is 3.33. The maximum Gasteiger partial charge on any atom is 0.325 e. The molecular weight excluding hydrogens is 274 g/mol. The second-order valence-electron chi connectivity index (χ2n) is 3.32. The number of methoxy groups -OCH3 is 1. The molecule has 0 saturated carbocycles. The fraction of sp³-hybridized carbons (Fsp3) is 0.300. The predicted molar refractivity (Wildman–Crippen MR) is 62.0 cm³/mol. The number of rotatable bonds is 2. The van der Waals surface area contributed by atoms with Crippen LogP contribution in [0.5, 0.6) is 0 Å². The van der Waals surface area contributed by atoms with Crippen LogP contribution in [0.3, 0.4) is 0 Å². The van der Waals surface area contributed by atoms with Crippen LogP contribution in [0.25, 0.3) is 11.2 Å². The Morgan fingerprint density at radius 1 is 1.62 bits per heavy atom. The van der Waals surface area contributed by atoms with Gasteiger partial charge < -0.3 is 9.30 Å². The number of ether oxygens (including phenoxy) is 1. The molecule has 0 bridgehead atoms. The van der Waals surface area contributed by atoms with Gasteiger partial charge in [0.15, 0.2) is 5.65 Å². The number of carbonyl (C=O) groups is 1. The molecule has 0 N–H and O–H groups in total. The Kier molecular flexibility index (Phi) is 2.91. The first-order chi connectivity index (χ1) is 7.61. The largest absolute Gasteiger partial charge is 0.468 e. The van der Waals surface area contributed by atoms with Crippen LogP contribution in [0.4, 0.5) is 0 Å². The quantitative estimate of drug-likeness (QED) is 0.787. The van der Waals surface area contributed by atoms with Gasteiger partial charge in [0.05, 0.1) is 7.11 Å². The van der Waals surface area contributed by atoms with Crippen LogP contribution in [0.1, 0.15) is 5.82 Å². The summed E-state index contributed by atoms with van der Waals surface area (Å²) in [4.78, 5) is 19.8. The van der Waals surface area contributed by atoms with Crippen molar-refractivity contribution in [3.8, 4) is 0 Å². The molecule has 2 aromatic heterocycles. The van der Waals surface area contributed by atoms with Crippen molar-refractivity contribution in [2.75, 3.05) is 7.11 Å². The van der Waals surface area contributed by atoms with Crippen molar-refractivity contribution in [3.63, 3.8) is 0 Å². The molecule has 0 aliphatic rings. The molecule has 5 nitrogen and oxygen atoms in total. The highest BCUT2D eigenvalue weighted by Gasteiger charge is 2.12. The lowest BCUT2D eigenvalue weighted by atomic mass is 10.4. The number of hydrogen-bond donors (Lipinski definition) is 0. The topological polar surface area (TPSA) is 57.0 Å². The van der Waals surface area contributed by atoms with Crippen LogP contribution >= 0.6 is 15.9 Å². The second kappa shape index (κ2) is 4.21.